The van der Waals surface area contributed by atoms with Gasteiger partial charge in [-0.05, 0) is 12.8 Å². The third kappa shape index (κ3) is 7.42. The summed E-state index contributed by atoms with van der Waals surface area (Å²) in [5.74, 6) is 0.616. The van der Waals surface area contributed by atoms with Crippen molar-refractivity contribution in [2.45, 2.75) is 38.5 Å². The van der Waals surface area contributed by atoms with E-state index in [2.05, 4.69) is 10.5 Å². The molecule has 0 fully saturated rings. The summed E-state index contributed by atoms with van der Waals surface area (Å²) in [5.41, 5.74) is 3.05. The molecule has 0 aliphatic carbocycles. The fraction of sp³-hybridized carbons (Fsp3) is 0.500. The molecular weight excluding hydrogens is 340 g/mol. The molecule has 1 amide bonds. The van der Waals surface area contributed by atoms with E-state index < -0.39 is 5.97 Å². The minimum atomic E-state index is -0.790. The summed E-state index contributed by atoms with van der Waals surface area (Å²) in [6, 6.07) is 3.39. The Kier molecular flexibility index (Phi) is 9.59. The lowest BCUT2D eigenvalue weighted by Crippen LogP contribution is -2.17. The van der Waals surface area contributed by atoms with Crippen molar-refractivity contribution in [3.63, 3.8) is 0 Å². The van der Waals surface area contributed by atoms with Gasteiger partial charge in [0.25, 0.3) is 0 Å². The average molecular weight is 366 g/mol. The first kappa shape index (κ1) is 21.3. The van der Waals surface area contributed by atoms with Crippen molar-refractivity contribution < 1.29 is 28.9 Å². The van der Waals surface area contributed by atoms with Crippen molar-refractivity contribution >= 4 is 18.1 Å². The summed E-state index contributed by atoms with van der Waals surface area (Å²) in [6.07, 6.45) is 4.89. The molecule has 1 rings (SSSR count). The molecule has 0 aliphatic heterocycles. The summed E-state index contributed by atoms with van der Waals surface area (Å²) in [6.45, 7) is 0. The number of aliphatic carboxylic acids is 1. The number of hydrogen-bond acceptors (Lipinski definition) is 6. The molecule has 0 saturated heterocycles. The zero-order valence-electron chi connectivity index (χ0n) is 15.4. The molecule has 0 heterocycles. The maximum absolute atomic E-state index is 11.8. The van der Waals surface area contributed by atoms with Gasteiger partial charge in [0, 0.05) is 25.0 Å². The second-order valence-corrected chi connectivity index (χ2v) is 5.55. The number of ether oxygens (including phenoxy) is 3. The van der Waals surface area contributed by atoms with E-state index in [1.165, 1.54) is 20.4 Å². The van der Waals surface area contributed by atoms with Gasteiger partial charge in [0.1, 0.15) is 17.2 Å². The molecule has 0 unspecified atom stereocenters. The van der Waals surface area contributed by atoms with Crippen LogP contribution in [0, 0.1) is 0 Å². The number of hydrazone groups is 1. The first-order valence-corrected chi connectivity index (χ1v) is 8.35. The van der Waals surface area contributed by atoms with E-state index in [0.29, 0.717) is 42.1 Å². The molecule has 26 heavy (non-hydrogen) atoms. The molecule has 0 bridgehead atoms. The van der Waals surface area contributed by atoms with Gasteiger partial charge in [-0.25, -0.2) is 5.43 Å². The zero-order valence-corrected chi connectivity index (χ0v) is 15.4. The van der Waals surface area contributed by atoms with Gasteiger partial charge >= 0.3 is 5.97 Å². The number of nitrogens with zero attached hydrogens (tertiary/aromatic N) is 1. The Morgan fingerprint density at radius 2 is 1.58 bits per heavy atom. The van der Waals surface area contributed by atoms with Gasteiger partial charge in [0.15, 0.2) is 0 Å². The van der Waals surface area contributed by atoms with E-state index >= 15 is 0 Å². The Labute approximate surface area is 153 Å². The van der Waals surface area contributed by atoms with Crippen LogP contribution in [0.2, 0.25) is 0 Å². The van der Waals surface area contributed by atoms with Crippen molar-refractivity contribution in [2.24, 2.45) is 5.10 Å². The smallest absolute Gasteiger partial charge is 0.303 e. The number of unbranched alkanes of at least 4 members (excludes halogenated alkanes) is 3. The predicted octanol–water partition coefficient (Wildman–Crippen LogP) is 2.59. The Hall–Kier alpha value is -2.77. The number of amides is 1. The number of benzene rings is 1. The van der Waals surface area contributed by atoms with Gasteiger partial charge in [-0.3, -0.25) is 9.59 Å². The summed E-state index contributed by atoms with van der Waals surface area (Å²) in [7, 11) is 4.59. The summed E-state index contributed by atoms with van der Waals surface area (Å²) < 4.78 is 15.8. The van der Waals surface area contributed by atoms with Gasteiger partial charge < -0.3 is 19.3 Å². The first-order valence-electron chi connectivity index (χ1n) is 8.35. The molecule has 8 heteroatoms. The Bertz CT molecular complexity index is 605. The van der Waals surface area contributed by atoms with Crippen molar-refractivity contribution in [3.8, 4) is 17.2 Å². The first-order chi connectivity index (χ1) is 12.5. The molecule has 0 aromatic heterocycles. The molecule has 1 aromatic rings. The maximum Gasteiger partial charge on any atom is 0.303 e. The second kappa shape index (κ2) is 11.7. The van der Waals surface area contributed by atoms with Gasteiger partial charge in [-0.15, -0.1) is 0 Å². The van der Waals surface area contributed by atoms with Crippen LogP contribution in [0.5, 0.6) is 17.2 Å². The van der Waals surface area contributed by atoms with Crippen LogP contribution in [0.1, 0.15) is 44.1 Å². The standard InChI is InChI=1S/C18H26N2O6/c1-24-13-10-15(25-2)14(16(11-13)26-3)12-19-20-17(21)8-6-4-5-7-9-18(22)23/h10-12H,4-9H2,1-3H3,(H,20,21)(H,22,23)/b19-12+. The van der Waals surface area contributed by atoms with E-state index in [1.807, 2.05) is 0 Å². The van der Waals surface area contributed by atoms with Gasteiger partial charge in [0.2, 0.25) is 5.91 Å². The van der Waals surface area contributed by atoms with Crippen LogP contribution in [0.25, 0.3) is 0 Å². The average Bonchev–Trinajstić information content (AvgIpc) is 2.63. The lowest BCUT2D eigenvalue weighted by Gasteiger charge is -2.12. The van der Waals surface area contributed by atoms with Crippen LogP contribution in [0.15, 0.2) is 17.2 Å². The molecular formula is C18H26N2O6. The van der Waals surface area contributed by atoms with E-state index in [9.17, 15) is 9.59 Å². The molecule has 1 aromatic carbocycles. The quantitative estimate of drug-likeness (QED) is 0.334. The highest BCUT2D eigenvalue weighted by Crippen LogP contribution is 2.32. The maximum atomic E-state index is 11.8. The van der Waals surface area contributed by atoms with Crippen LogP contribution < -0.4 is 19.6 Å². The molecule has 144 valence electrons. The van der Waals surface area contributed by atoms with Gasteiger partial charge in [0.05, 0.1) is 33.1 Å². The lowest BCUT2D eigenvalue weighted by molar-refractivity contribution is -0.137. The number of carboxylic acids is 1. The summed E-state index contributed by atoms with van der Waals surface area (Å²) in [5, 5.41) is 12.5. The highest BCUT2D eigenvalue weighted by molar-refractivity contribution is 5.89. The number of rotatable bonds is 12. The summed E-state index contributed by atoms with van der Waals surface area (Å²) in [4.78, 5) is 22.2. The molecule has 0 aliphatic rings. The van der Waals surface area contributed by atoms with Crippen molar-refractivity contribution in [1.82, 2.24) is 5.43 Å². The van der Waals surface area contributed by atoms with E-state index in [4.69, 9.17) is 19.3 Å². The summed E-state index contributed by atoms with van der Waals surface area (Å²) >= 11 is 0. The third-order valence-electron chi connectivity index (χ3n) is 3.68. The number of methoxy groups -OCH3 is 3. The minimum Gasteiger partial charge on any atom is -0.496 e. The zero-order chi connectivity index (χ0) is 19.4. The van der Waals surface area contributed by atoms with Crippen LogP contribution in [0.3, 0.4) is 0 Å². The lowest BCUT2D eigenvalue weighted by atomic mass is 10.1. The van der Waals surface area contributed by atoms with Crippen molar-refractivity contribution in [3.05, 3.63) is 17.7 Å². The van der Waals surface area contributed by atoms with Gasteiger partial charge in [-0.1, -0.05) is 12.8 Å². The van der Waals surface area contributed by atoms with Crippen LogP contribution in [-0.4, -0.2) is 44.5 Å². The molecule has 2 N–H and O–H groups in total. The fourth-order valence-electron chi connectivity index (χ4n) is 2.30. The fourth-order valence-corrected chi connectivity index (χ4v) is 2.30. The SMILES string of the molecule is COc1cc(OC)c(/C=N/NC(=O)CCCCCCC(=O)O)c(OC)c1. The molecule has 0 saturated carbocycles. The molecule has 0 radical (unpaired) electrons. The van der Waals surface area contributed by atoms with Crippen LogP contribution in [0.4, 0.5) is 0 Å². The number of carbonyl (C=O) groups excluding carboxylic acids is 1. The number of hydrogen-bond donors (Lipinski definition) is 2. The number of carboxylic acid groups (broad SMARTS) is 1. The monoisotopic (exact) mass is 366 g/mol. The predicted molar refractivity (Wildman–Crippen MR) is 97.2 cm³/mol. The highest BCUT2D eigenvalue weighted by atomic mass is 16.5. The van der Waals surface area contributed by atoms with Crippen molar-refractivity contribution in [2.75, 3.05) is 21.3 Å². The van der Waals surface area contributed by atoms with Gasteiger partial charge in [-0.2, -0.15) is 5.10 Å². The van der Waals surface area contributed by atoms with E-state index in [0.717, 1.165) is 12.8 Å². The minimum absolute atomic E-state index is 0.169. The number of carbonyl (C=O) groups is 2. The van der Waals surface area contributed by atoms with Crippen LogP contribution >= 0.6 is 0 Å². The van der Waals surface area contributed by atoms with E-state index in [-0.39, 0.29) is 12.3 Å². The largest absolute Gasteiger partial charge is 0.496 e. The Balaban J connectivity index is 2.50. The van der Waals surface area contributed by atoms with Crippen LogP contribution in [-0.2, 0) is 9.59 Å². The Morgan fingerprint density at radius 1 is 1.00 bits per heavy atom. The molecule has 0 atom stereocenters. The second-order valence-electron chi connectivity index (χ2n) is 5.55. The Morgan fingerprint density at radius 3 is 2.08 bits per heavy atom. The molecule has 8 nitrogen and oxygen atoms in total. The normalized spacial score (nSPS) is 10.6. The molecule has 0 spiro atoms. The highest BCUT2D eigenvalue weighted by Gasteiger charge is 2.11. The topological polar surface area (TPSA) is 106 Å². The third-order valence-corrected chi connectivity index (χ3v) is 3.68. The van der Waals surface area contributed by atoms with E-state index in [1.54, 1.807) is 19.2 Å². The number of nitrogens with one attached hydrogen (secondary N) is 1. The van der Waals surface area contributed by atoms with Crippen molar-refractivity contribution in [1.29, 1.82) is 0 Å².